The summed E-state index contributed by atoms with van der Waals surface area (Å²) >= 11 is 0. The SMILES string of the molecule is C[C@@H](Oc1cccc(O[C@H](C)C(=O)O)c1)C(=O)O. The molecular formula is C12H14O6. The Morgan fingerprint density at radius 3 is 1.72 bits per heavy atom. The summed E-state index contributed by atoms with van der Waals surface area (Å²) in [5.74, 6) is -1.56. The van der Waals surface area contributed by atoms with Gasteiger partial charge in [0, 0.05) is 6.07 Å². The first kappa shape index (κ1) is 13.8. The maximum atomic E-state index is 10.6. The average molecular weight is 254 g/mol. The van der Waals surface area contributed by atoms with Gasteiger partial charge in [0.15, 0.2) is 12.2 Å². The molecule has 0 bridgehead atoms. The summed E-state index contributed by atoms with van der Waals surface area (Å²) in [7, 11) is 0. The monoisotopic (exact) mass is 254 g/mol. The molecule has 0 aliphatic carbocycles. The highest BCUT2D eigenvalue weighted by atomic mass is 16.5. The van der Waals surface area contributed by atoms with Crippen LogP contribution in [0.2, 0.25) is 0 Å². The second-order valence-corrected chi connectivity index (χ2v) is 3.67. The van der Waals surface area contributed by atoms with Crippen LogP contribution in [0.4, 0.5) is 0 Å². The molecule has 6 heteroatoms. The van der Waals surface area contributed by atoms with Gasteiger partial charge in [-0.2, -0.15) is 0 Å². The first-order valence-electron chi connectivity index (χ1n) is 5.29. The van der Waals surface area contributed by atoms with Gasteiger partial charge in [0.1, 0.15) is 11.5 Å². The number of rotatable bonds is 6. The number of carboxylic acids is 2. The Labute approximate surface area is 104 Å². The van der Waals surface area contributed by atoms with Crippen LogP contribution in [0.15, 0.2) is 24.3 Å². The van der Waals surface area contributed by atoms with Gasteiger partial charge >= 0.3 is 11.9 Å². The van der Waals surface area contributed by atoms with Crippen LogP contribution in [0.25, 0.3) is 0 Å². The van der Waals surface area contributed by atoms with Gasteiger partial charge in [-0.1, -0.05) is 6.07 Å². The lowest BCUT2D eigenvalue weighted by Crippen LogP contribution is -2.24. The molecule has 0 saturated carbocycles. The Hall–Kier alpha value is -2.24. The van der Waals surface area contributed by atoms with E-state index in [9.17, 15) is 9.59 Å². The molecule has 0 aliphatic heterocycles. The van der Waals surface area contributed by atoms with Gasteiger partial charge in [0.25, 0.3) is 0 Å². The number of aliphatic carboxylic acids is 2. The fraction of sp³-hybridized carbons (Fsp3) is 0.333. The van der Waals surface area contributed by atoms with E-state index in [4.69, 9.17) is 19.7 Å². The average Bonchev–Trinajstić information content (AvgIpc) is 2.29. The normalized spacial score (nSPS) is 13.4. The Bertz CT molecular complexity index is 405. The highest BCUT2D eigenvalue weighted by Gasteiger charge is 2.15. The molecule has 1 rings (SSSR count). The smallest absolute Gasteiger partial charge is 0.344 e. The topological polar surface area (TPSA) is 93.1 Å². The molecule has 0 spiro atoms. The van der Waals surface area contributed by atoms with E-state index < -0.39 is 24.1 Å². The van der Waals surface area contributed by atoms with E-state index in [1.54, 1.807) is 18.2 Å². The fourth-order valence-corrected chi connectivity index (χ4v) is 1.13. The minimum atomic E-state index is -1.08. The second kappa shape index (κ2) is 5.90. The van der Waals surface area contributed by atoms with Crippen LogP contribution >= 0.6 is 0 Å². The summed E-state index contributed by atoms with van der Waals surface area (Å²) in [6, 6.07) is 6.17. The Balaban J connectivity index is 2.73. The van der Waals surface area contributed by atoms with Gasteiger partial charge in [-0.3, -0.25) is 0 Å². The maximum absolute atomic E-state index is 10.6. The molecule has 0 saturated heterocycles. The van der Waals surface area contributed by atoms with Crippen molar-refractivity contribution in [1.29, 1.82) is 0 Å². The molecule has 0 radical (unpaired) electrons. The van der Waals surface area contributed by atoms with Crippen LogP contribution in [0, 0.1) is 0 Å². The fourth-order valence-electron chi connectivity index (χ4n) is 1.13. The lowest BCUT2D eigenvalue weighted by molar-refractivity contribution is -0.144. The highest BCUT2D eigenvalue weighted by Crippen LogP contribution is 2.21. The van der Waals surface area contributed by atoms with E-state index >= 15 is 0 Å². The molecular weight excluding hydrogens is 240 g/mol. The van der Waals surface area contributed by atoms with E-state index in [0.29, 0.717) is 11.5 Å². The van der Waals surface area contributed by atoms with Crippen molar-refractivity contribution in [3.8, 4) is 11.5 Å². The predicted octanol–water partition coefficient (Wildman–Crippen LogP) is 1.39. The van der Waals surface area contributed by atoms with Crippen molar-refractivity contribution in [3.05, 3.63) is 24.3 Å². The summed E-state index contributed by atoms with van der Waals surface area (Å²) in [6.07, 6.45) is -1.98. The van der Waals surface area contributed by atoms with Crippen LogP contribution in [0.1, 0.15) is 13.8 Å². The number of hydrogen-bond donors (Lipinski definition) is 2. The Kier molecular flexibility index (Phi) is 4.53. The number of carboxylic acid groups (broad SMARTS) is 2. The summed E-state index contributed by atoms with van der Waals surface area (Å²) in [4.78, 5) is 21.2. The number of ether oxygens (including phenoxy) is 2. The van der Waals surface area contributed by atoms with Gasteiger partial charge in [-0.15, -0.1) is 0 Å². The maximum Gasteiger partial charge on any atom is 0.344 e. The third-order valence-electron chi connectivity index (χ3n) is 2.13. The quantitative estimate of drug-likeness (QED) is 0.796. The van der Waals surface area contributed by atoms with Crippen molar-refractivity contribution in [3.63, 3.8) is 0 Å². The van der Waals surface area contributed by atoms with Crippen molar-refractivity contribution in [2.75, 3.05) is 0 Å². The van der Waals surface area contributed by atoms with E-state index in [0.717, 1.165) is 0 Å². The molecule has 0 unspecified atom stereocenters. The van der Waals surface area contributed by atoms with E-state index in [2.05, 4.69) is 0 Å². The molecule has 18 heavy (non-hydrogen) atoms. The Morgan fingerprint density at radius 1 is 1.00 bits per heavy atom. The van der Waals surface area contributed by atoms with E-state index in [-0.39, 0.29) is 0 Å². The van der Waals surface area contributed by atoms with Crippen molar-refractivity contribution < 1.29 is 29.3 Å². The third kappa shape index (κ3) is 3.97. The van der Waals surface area contributed by atoms with E-state index in [1.165, 1.54) is 19.9 Å². The first-order valence-corrected chi connectivity index (χ1v) is 5.29. The van der Waals surface area contributed by atoms with Crippen LogP contribution in [0.5, 0.6) is 11.5 Å². The highest BCUT2D eigenvalue weighted by molar-refractivity contribution is 5.72. The number of carbonyl (C=O) groups is 2. The van der Waals surface area contributed by atoms with Crippen molar-refractivity contribution in [2.24, 2.45) is 0 Å². The van der Waals surface area contributed by atoms with Crippen molar-refractivity contribution >= 4 is 11.9 Å². The Morgan fingerprint density at radius 2 is 1.39 bits per heavy atom. The van der Waals surface area contributed by atoms with Crippen LogP contribution in [-0.4, -0.2) is 34.4 Å². The molecule has 2 atom stereocenters. The van der Waals surface area contributed by atoms with Gasteiger partial charge in [-0.25, -0.2) is 9.59 Å². The standard InChI is InChI=1S/C12H14O6/c1-7(11(13)14)17-9-4-3-5-10(6-9)18-8(2)12(15)16/h3-8H,1-2H3,(H,13,14)(H,15,16)/t7-,8-/m1/s1. The zero-order valence-electron chi connectivity index (χ0n) is 9.99. The number of hydrogen-bond acceptors (Lipinski definition) is 4. The predicted molar refractivity (Wildman–Crippen MR) is 61.9 cm³/mol. The number of benzene rings is 1. The van der Waals surface area contributed by atoms with Crippen molar-refractivity contribution in [1.82, 2.24) is 0 Å². The lowest BCUT2D eigenvalue weighted by Gasteiger charge is -2.13. The summed E-state index contributed by atoms with van der Waals surface area (Å²) in [5, 5.41) is 17.4. The molecule has 0 heterocycles. The molecule has 2 N–H and O–H groups in total. The summed E-state index contributed by atoms with van der Waals surface area (Å²) in [6.45, 7) is 2.80. The van der Waals surface area contributed by atoms with E-state index in [1.807, 2.05) is 0 Å². The molecule has 0 fully saturated rings. The van der Waals surface area contributed by atoms with Gasteiger partial charge in [0.05, 0.1) is 0 Å². The molecule has 0 amide bonds. The summed E-state index contributed by atoms with van der Waals surface area (Å²) < 4.78 is 10.3. The van der Waals surface area contributed by atoms with Gasteiger partial charge < -0.3 is 19.7 Å². The van der Waals surface area contributed by atoms with Crippen LogP contribution < -0.4 is 9.47 Å². The van der Waals surface area contributed by atoms with Crippen LogP contribution in [-0.2, 0) is 9.59 Å². The minimum absolute atomic E-state index is 0.306. The first-order chi connectivity index (χ1) is 8.40. The largest absolute Gasteiger partial charge is 0.479 e. The third-order valence-corrected chi connectivity index (χ3v) is 2.13. The minimum Gasteiger partial charge on any atom is -0.479 e. The molecule has 0 aliphatic rings. The molecule has 1 aromatic carbocycles. The molecule has 0 aromatic heterocycles. The van der Waals surface area contributed by atoms with Gasteiger partial charge in [0.2, 0.25) is 0 Å². The lowest BCUT2D eigenvalue weighted by atomic mass is 10.3. The molecule has 98 valence electrons. The summed E-state index contributed by atoms with van der Waals surface area (Å²) in [5.41, 5.74) is 0. The molecule has 1 aromatic rings. The second-order valence-electron chi connectivity index (χ2n) is 3.67. The van der Waals surface area contributed by atoms with Crippen molar-refractivity contribution in [2.45, 2.75) is 26.1 Å². The zero-order chi connectivity index (χ0) is 13.7. The van der Waals surface area contributed by atoms with Gasteiger partial charge in [-0.05, 0) is 26.0 Å². The zero-order valence-corrected chi connectivity index (χ0v) is 9.99. The van der Waals surface area contributed by atoms with Crippen LogP contribution in [0.3, 0.4) is 0 Å². The molecule has 6 nitrogen and oxygen atoms in total.